The maximum absolute atomic E-state index is 13.4. The summed E-state index contributed by atoms with van der Waals surface area (Å²) in [4.78, 5) is 9.93. The van der Waals surface area contributed by atoms with Gasteiger partial charge in [0.15, 0.2) is 17.3 Å². The van der Waals surface area contributed by atoms with E-state index in [4.69, 9.17) is 0 Å². The fourth-order valence-electron chi connectivity index (χ4n) is 1.28. The van der Waals surface area contributed by atoms with E-state index in [-0.39, 0.29) is 0 Å². The van der Waals surface area contributed by atoms with Crippen LogP contribution in [0.4, 0.5) is 20.2 Å². The van der Waals surface area contributed by atoms with Gasteiger partial charge < -0.3 is 5.32 Å². The molecule has 0 heterocycles. The molecule has 7 heteroatoms. The summed E-state index contributed by atoms with van der Waals surface area (Å²) in [5.74, 6) is -0.992. The van der Waals surface area contributed by atoms with Crippen molar-refractivity contribution < 1.29 is 13.7 Å². The molecule has 0 unspecified atom stereocenters. The molecule has 0 bridgehead atoms. The van der Waals surface area contributed by atoms with Gasteiger partial charge in [0, 0.05) is 24.1 Å². The van der Waals surface area contributed by atoms with Crippen LogP contribution in [0.2, 0.25) is 0 Å². The maximum atomic E-state index is 13.4. The highest BCUT2D eigenvalue weighted by molar-refractivity contribution is 7.99. The van der Waals surface area contributed by atoms with Gasteiger partial charge in [0.25, 0.3) is 5.69 Å². The molecule has 0 aromatic heterocycles. The van der Waals surface area contributed by atoms with Crippen molar-refractivity contribution in [2.75, 3.05) is 23.4 Å². The van der Waals surface area contributed by atoms with E-state index in [1.165, 1.54) is 11.8 Å². The minimum Gasteiger partial charge on any atom is -0.376 e. The lowest BCUT2D eigenvalue weighted by atomic mass is 10.2. The molecule has 18 heavy (non-hydrogen) atoms. The van der Waals surface area contributed by atoms with E-state index >= 15 is 0 Å². The van der Waals surface area contributed by atoms with Gasteiger partial charge in [-0.25, -0.2) is 8.78 Å². The Morgan fingerprint density at radius 1 is 1.50 bits per heavy atom. The van der Waals surface area contributed by atoms with Crippen molar-refractivity contribution in [3.8, 4) is 0 Å². The number of benzene rings is 1. The van der Waals surface area contributed by atoms with E-state index in [1.54, 1.807) is 6.08 Å². The van der Waals surface area contributed by atoms with Crippen molar-refractivity contribution in [2.24, 2.45) is 0 Å². The first-order valence-electron chi connectivity index (χ1n) is 5.12. The molecule has 0 saturated heterocycles. The van der Waals surface area contributed by atoms with Crippen LogP contribution in [-0.4, -0.2) is 23.0 Å². The van der Waals surface area contributed by atoms with E-state index in [9.17, 15) is 18.9 Å². The number of nitro benzene ring substituents is 1. The molecule has 0 aliphatic rings. The third kappa shape index (κ3) is 3.69. The minimum absolute atomic E-state index is 0.305. The lowest BCUT2D eigenvalue weighted by Gasteiger charge is -2.08. The van der Waals surface area contributed by atoms with Gasteiger partial charge in [0.1, 0.15) is 0 Å². The zero-order chi connectivity index (χ0) is 13.5. The monoisotopic (exact) mass is 274 g/mol. The second-order valence-electron chi connectivity index (χ2n) is 3.30. The molecule has 1 aromatic rings. The average molecular weight is 274 g/mol. The molecule has 0 aliphatic carbocycles. The van der Waals surface area contributed by atoms with Crippen molar-refractivity contribution in [3.63, 3.8) is 0 Å². The van der Waals surface area contributed by atoms with Crippen LogP contribution in [0.5, 0.6) is 0 Å². The number of nitrogens with one attached hydrogen (secondary N) is 1. The van der Waals surface area contributed by atoms with Gasteiger partial charge in [0.05, 0.1) is 4.92 Å². The van der Waals surface area contributed by atoms with E-state index < -0.39 is 27.9 Å². The van der Waals surface area contributed by atoms with Crippen LogP contribution in [0.15, 0.2) is 24.8 Å². The molecular formula is C11H12F2N2O2S. The Morgan fingerprint density at radius 3 is 2.83 bits per heavy atom. The van der Waals surface area contributed by atoms with Crippen molar-refractivity contribution >= 4 is 23.1 Å². The van der Waals surface area contributed by atoms with Gasteiger partial charge in [-0.3, -0.25) is 10.1 Å². The third-order valence-electron chi connectivity index (χ3n) is 2.05. The minimum atomic E-state index is -1.22. The van der Waals surface area contributed by atoms with Crippen LogP contribution < -0.4 is 5.32 Å². The van der Waals surface area contributed by atoms with E-state index in [1.807, 2.05) is 0 Å². The summed E-state index contributed by atoms with van der Waals surface area (Å²) < 4.78 is 26.4. The number of halogens is 2. The number of nitrogens with zero attached hydrogens (tertiary/aromatic N) is 1. The highest BCUT2D eigenvalue weighted by atomic mass is 32.2. The molecule has 0 aliphatic heterocycles. The van der Waals surface area contributed by atoms with E-state index in [0.29, 0.717) is 12.3 Å². The number of hydrogen-bond donors (Lipinski definition) is 1. The smallest absolute Gasteiger partial charge is 0.295 e. The van der Waals surface area contributed by atoms with Crippen LogP contribution in [-0.2, 0) is 0 Å². The van der Waals surface area contributed by atoms with Crippen molar-refractivity contribution in [1.29, 1.82) is 0 Å². The fourth-order valence-corrected chi connectivity index (χ4v) is 1.86. The number of anilines is 1. The predicted molar refractivity (Wildman–Crippen MR) is 69.0 cm³/mol. The second kappa shape index (κ2) is 6.95. The maximum Gasteiger partial charge on any atom is 0.295 e. The Balaban J connectivity index is 2.76. The molecule has 1 N–H and O–H groups in total. The van der Waals surface area contributed by atoms with E-state index in [2.05, 4.69) is 11.9 Å². The third-order valence-corrected chi connectivity index (χ3v) is 3.02. The van der Waals surface area contributed by atoms with Gasteiger partial charge in [-0.2, -0.15) is 11.8 Å². The molecule has 1 rings (SSSR count). The van der Waals surface area contributed by atoms with Crippen molar-refractivity contribution in [1.82, 2.24) is 0 Å². The topological polar surface area (TPSA) is 55.2 Å². The summed E-state index contributed by atoms with van der Waals surface area (Å²) in [6.07, 6.45) is 1.72. The van der Waals surface area contributed by atoms with Crippen LogP contribution in [0.3, 0.4) is 0 Å². The number of thioether (sulfide) groups is 1. The zero-order valence-corrected chi connectivity index (χ0v) is 10.3. The SMILES string of the molecule is C=CCSCCNc1c([N+](=O)[O-])ccc(F)c1F. The lowest BCUT2D eigenvalue weighted by Crippen LogP contribution is -2.09. The van der Waals surface area contributed by atoms with Crippen LogP contribution in [0.25, 0.3) is 0 Å². The van der Waals surface area contributed by atoms with Gasteiger partial charge in [-0.1, -0.05) is 6.08 Å². The average Bonchev–Trinajstić information content (AvgIpc) is 2.33. The van der Waals surface area contributed by atoms with Gasteiger partial charge in [0.2, 0.25) is 0 Å². The standard InChI is InChI=1S/C11H12F2N2O2S/c1-2-6-18-7-5-14-11-9(15(16)17)4-3-8(12)10(11)13/h2-4,14H,1,5-7H2. The Kier molecular flexibility index (Phi) is 5.57. The summed E-state index contributed by atoms with van der Waals surface area (Å²) in [7, 11) is 0. The number of rotatable bonds is 7. The molecule has 0 fully saturated rings. The molecule has 0 spiro atoms. The Labute approximate surface area is 107 Å². The first-order chi connectivity index (χ1) is 8.57. The first-order valence-corrected chi connectivity index (χ1v) is 6.28. The normalized spacial score (nSPS) is 10.1. The van der Waals surface area contributed by atoms with Crippen molar-refractivity contribution in [3.05, 3.63) is 46.5 Å². The van der Waals surface area contributed by atoms with Crippen LogP contribution in [0.1, 0.15) is 0 Å². The van der Waals surface area contributed by atoms with Crippen LogP contribution >= 0.6 is 11.8 Å². The van der Waals surface area contributed by atoms with Gasteiger partial charge in [-0.05, 0) is 6.07 Å². The molecule has 0 amide bonds. The molecular weight excluding hydrogens is 262 g/mol. The first kappa shape index (κ1) is 14.4. The Morgan fingerprint density at radius 2 is 2.22 bits per heavy atom. The molecule has 1 aromatic carbocycles. The number of hydrogen-bond acceptors (Lipinski definition) is 4. The summed E-state index contributed by atoms with van der Waals surface area (Å²) >= 11 is 1.53. The van der Waals surface area contributed by atoms with E-state index in [0.717, 1.165) is 17.9 Å². The largest absolute Gasteiger partial charge is 0.376 e. The predicted octanol–water partition coefficient (Wildman–Crippen LogP) is 3.20. The summed E-state index contributed by atoms with van der Waals surface area (Å²) in [5.41, 5.74) is -0.873. The molecule has 0 radical (unpaired) electrons. The fraction of sp³-hybridized carbons (Fsp3) is 0.273. The Bertz CT molecular complexity index is 455. The molecule has 0 atom stereocenters. The van der Waals surface area contributed by atoms with Gasteiger partial charge >= 0.3 is 0 Å². The zero-order valence-electron chi connectivity index (χ0n) is 9.49. The van der Waals surface area contributed by atoms with Crippen molar-refractivity contribution in [2.45, 2.75) is 0 Å². The molecule has 4 nitrogen and oxygen atoms in total. The lowest BCUT2D eigenvalue weighted by molar-refractivity contribution is -0.384. The highest BCUT2D eigenvalue weighted by Gasteiger charge is 2.20. The quantitative estimate of drug-likeness (QED) is 0.359. The number of nitro groups is 1. The summed E-state index contributed by atoms with van der Waals surface area (Å²) in [6, 6.07) is 1.68. The molecule has 98 valence electrons. The van der Waals surface area contributed by atoms with Crippen LogP contribution in [0, 0.1) is 21.7 Å². The Hall–Kier alpha value is -1.63. The second-order valence-corrected chi connectivity index (χ2v) is 4.45. The van der Waals surface area contributed by atoms with Gasteiger partial charge in [-0.15, -0.1) is 6.58 Å². The highest BCUT2D eigenvalue weighted by Crippen LogP contribution is 2.28. The molecule has 0 saturated carbocycles. The summed E-state index contributed by atoms with van der Waals surface area (Å²) in [5, 5.41) is 13.2. The summed E-state index contributed by atoms with van der Waals surface area (Å²) in [6.45, 7) is 3.84.